The van der Waals surface area contributed by atoms with Gasteiger partial charge in [0.05, 0.1) is 12.6 Å². The van der Waals surface area contributed by atoms with Gasteiger partial charge in [0.1, 0.15) is 34.8 Å². The molecule has 11 heteroatoms. The van der Waals surface area contributed by atoms with Crippen molar-refractivity contribution in [2.75, 3.05) is 12.4 Å². The van der Waals surface area contributed by atoms with Crippen LogP contribution in [0, 0.1) is 5.82 Å². The fourth-order valence-electron chi connectivity index (χ4n) is 3.89. The summed E-state index contributed by atoms with van der Waals surface area (Å²) in [4.78, 5) is 13.2. The van der Waals surface area contributed by atoms with Crippen molar-refractivity contribution in [1.82, 2.24) is 24.7 Å². The molecule has 2 aromatic carbocycles. The van der Waals surface area contributed by atoms with Gasteiger partial charge in [-0.3, -0.25) is 4.68 Å². The fourth-order valence-corrected chi connectivity index (χ4v) is 3.89. The molecule has 0 amide bonds. The van der Waals surface area contributed by atoms with Gasteiger partial charge in [-0.15, -0.1) is 0 Å². The van der Waals surface area contributed by atoms with Crippen LogP contribution in [-0.4, -0.2) is 38.5 Å². The summed E-state index contributed by atoms with van der Waals surface area (Å²) in [7, 11) is 3.33. The molecule has 0 aliphatic carbocycles. The first-order valence-electron chi connectivity index (χ1n) is 11.2. The van der Waals surface area contributed by atoms with E-state index in [0.717, 1.165) is 5.56 Å². The fraction of sp³-hybridized carbons (Fsp3) is 0.154. The number of halogens is 3. The first kappa shape index (κ1) is 24.0. The molecule has 3 heterocycles. The highest BCUT2D eigenvalue weighted by Gasteiger charge is 2.20. The zero-order chi connectivity index (χ0) is 25.9. The van der Waals surface area contributed by atoms with Gasteiger partial charge >= 0.3 is 6.61 Å². The minimum Gasteiger partial charge on any atom is -0.497 e. The van der Waals surface area contributed by atoms with Gasteiger partial charge in [0.25, 0.3) is 0 Å². The van der Waals surface area contributed by atoms with Crippen LogP contribution in [0.25, 0.3) is 33.5 Å². The van der Waals surface area contributed by atoms with Crippen molar-refractivity contribution in [2.45, 2.75) is 13.2 Å². The lowest BCUT2D eigenvalue weighted by atomic mass is 10.0. The summed E-state index contributed by atoms with van der Waals surface area (Å²) in [5, 5.41) is 7.59. The van der Waals surface area contributed by atoms with Crippen molar-refractivity contribution in [1.29, 1.82) is 0 Å². The number of aromatic nitrogens is 5. The molecular weight excluding hydrogens is 485 g/mol. The van der Waals surface area contributed by atoms with Crippen molar-refractivity contribution in [3.05, 3.63) is 78.5 Å². The van der Waals surface area contributed by atoms with E-state index in [2.05, 4.69) is 25.4 Å². The lowest BCUT2D eigenvalue weighted by Gasteiger charge is -2.14. The third-order valence-electron chi connectivity index (χ3n) is 5.61. The van der Waals surface area contributed by atoms with E-state index in [1.807, 2.05) is 12.1 Å². The monoisotopic (exact) mass is 506 g/mol. The van der Waals surface area contributed by atoms with Gasteiger partial charge < -0.3 is 14.8 Å². The van der Waals surface area contributed by atoms with Crippen LogP contribution in [0.4, 0.5) is 19.0 Å². The average Bonchev–Trinajstić information content (AvgIpc) is 3.28. The normalized spacial score (nSPS) is 11.2. The summed E-state index contributed by atoms with van der Waals surface area (Å²) in [6.45, 7) is -2.76. The maximum Gasteiger partial charge on any atom is 0.387 e. The molecule has 0 aliphatic rings. The molecule has 37 heavy (non-hydrogen) atoms. The quantitative estimate of drug-likeness (QED) is 0.299. The summed E-state index contributed by atoms with van der Waals surface area (Å²) in [6, 6.07) is 14.6. The maximum atomic E-state index is 13.5. The summed E-state index contributed by atoms with van der Waals surface area (Å²) in [5.74, 6) is 0.288. The van der Waals surface area contributed by atoms with E-state index in [1.54, 1.807) is 49.3 Å². The molecule has 0 radical (unpaired) electrons. The minimum atomic E-state index is -3.05. The average molecular weight is 506 g/mol. The Kier molecular flexibility index (Phi) is 6.59. The molecule has 0 atom stereocenters. The Morgan fingerprint density at radius 3 is 2.46 bits per heavy atom. The summed E-state index contributed by atoms with van der Waals surface area (Å²) >= 11 is 0. The molecule has 0 aliphatic heterocycles. The number of benzene rings is 2. The standard InChI is InChI=1S/C26H21F3N6O2/c1-35-13-19(22(34-35)16-5-7-17(27)8-6-16)23-24-20(31-14-32-23)11-21(37-26(28)29)25(33-24)30-12-15-3-9-18(36-2)10-4-15/h3-11,13-14,26H,12H2,1-2H3,(H,30,33). The Labute approximate surface area is 209 Å². The Bertz CT molecular complexity index is 1540. The number of pyridine rings is 1. The Morgan fingerprint density at radius 1 is 1.00 bits per heavy atom. The number of fused-ring (bicyclic) bond motifs is 1. The zero-order valence-corrected chi connectivity index (χ0v) is 19.8. The molecule has 0 bridgehead atoms. The van der Waals surface area contributed by atoms with Gasteiger partial charge in [0.2, 0.25) is 0 Å². The number of nitrogens with one attached hydrogen (secondary N) is 1. The number of alkyl halides is 2. The van der Waals surface area contributed by atoms with Crippen LogP contribution < -0.4 is 14.8 Å². The third kappa shape index (κ3) is 5.15. The Balaban J connectivity index is 1.59. The number of rotatable bonds is 8. The van der Waals surface area contributed by atoms with Crippen LogP contribution in [0.2, 0.25) is 0 Å². The van der Waals surface area contributed by atoms with Gasteiger partial charge in [0.15, 0.2) is 11.6 Å². The SMILES string of the molecule is COc1ccc(CNc2nc3c(-c4cn(C)nc4-c4ccc(F)cc4)ncnc3cc2OC(F)F)cc1. The van der Waals surface area contributed by atoms with Gasteiger partial charge in [-0.1, -0.05) is 12.1 Å². The van der Waals surface area contributed by atoms with Crippen LogP contribution in [-0.2, 0) is 13.6 Å². The van der Waals surface area contributed by atoms with Crippen molar-refractivity contribution < 1.29 is 22.6 Å². The number of methoxy groups -OCH3 is 1. The van der Waals surface area contributed by atoms with E-state index in [1.165, 1.54) is 24.5 Å². The first-order valence-corrected chi connectivity index (χ1v) is 11.2. The topological polar surface area (TPSA) is 87.0 Å². The van der Waals surface area contributed by atoms with Crippen LogP contribution >= 0.6 is 0 Å². The highest BCUT2D eigenvalue weighted by molar-refractivity contribution is 5.94. The highest BCUT2D eigenvalue weighted by atomic mass is 19.3. The Hall–Kier alpha value is -4.67. The highest BCUT2D eigenvalue weighted by Crippen LogP contribution is 2.36. The number of hydrogen-bond donors (Lipinski definition) is 1. The number of aryl methyl sites for hydroxylation is 1. The van der Waals surface area contributed by atoms with E-state index in [-0.39, 0.29) is 17.4 Å². The molecule has 8 nitrogen and oxygen atoms in total. The first-order chi connectivity index (χ1) is 17.9. The van der Waals surface area contributed by atoms with Gasteiger partial charge in [-0.05, 0) is 42.0 Å². The second kappa shape index (κ2) is 10.1. The van der Waals surface area contributed by atoms with Crippen molar-refractivity contribution in [2.24, 2.45) is 7.05 Å². The molecule has 188 valence electrons. The lowest BCUT2D eigenvalue weighted by molar-refractivity contribution is -0.0494. The van der Waals surface area contributed by atoms with Crippen molar-refractivity contribution in [3.63, 3.8) is 0 Å². The maximum absolute atomic E-state index is 13.5. The second-order valence-electron chi connectivity index (χ2n) is 8.08. The summed E-state index contributed by atoms with van der Waals surface area (Å²) < 4.78 is 51.4. The number of anilines is 1. The summed E-state index contributed by atoms with van der Waals surface area (Å²) in [6.07, 6.45) is 3.08. The minimum absolute atomic E-state index is 0.104. The summed E-state index contributed by atoms with van der Waals surface area (Å²) in [5.41, 5.74) is 3.85. The Morgan fingerprint density at radius 2 is 1.76 bits per heavy atom. The molecule has 0 fully saturated rings. The predicted octanol–water partition coefficient (Wildman–Crippen LogP) is 5.45. The largest absolute Gasteiger partial charge is 0.497 e. The van der Waals surface area contributed by atoms with Gasteiger partial charge in [-0.2, -0.15) is 13.9 Å². The molecule has 0 spiro atoms. The smallest absolute Gasteiger partial charge is 0.387 e. The molecule has 0 saturated heterocycles. The third-order valence-corrected chi connectivity index (χ3v) is 5.61. The van der Waals surface area contributed by atoms with Crippen LogP contribution in [0.15, 0.2) is 67.1 Å². The molecule has 5 rings (SSSR count). The van der Waals surface area contributed by atoms with Crippen molar-refractivity contribution in [3.8, 4) is 34.0 Å². The molecule has 0 unspecified atom stereocenters. The molecule has 3 aromatic heterocycles. The van der Waals surface area contributed by atoms with Crippen LogP contribution in [0.3, 0.4) is 0 Å². The lowest BCUT2D eigenvalue weighted by Crippen LogP contribution is -2.09. The van der Waals surface area contributed by atoms with E-state index in [0.29, 0.717) is 45.8 Å². The predicted molar refractivity (Wildman–Crippen MR) is 132 cm³/mol. The number of nitrogens with zero attached hydrogens (tertiary/aromatic N) is 5. The second-order valence-corrected chi connectivity index (χ2v) is 8.08. The van der Waals surface area contributed by atoms with Gasteiger partial charge in [-0.25, -0.2) is 19.3 Å². The van der Waals surface area contributed by atoms with E-state index in [9.17, 15) is 13.2 Å². The molecule has 1 N–H and O–H groups in total. The van der Waals surface area contributed by atoms with E-state index >= 15 is 0 Å². The van der Waals surface area contributed by atoms with Crippen LogP contribution in [0.5, 0.6) is 11.5 Å². The number of hydrogen-bond acceptors (Lipinski definition) is 7. The van der Waals surface area contributed by atoms with E-state index < -0.39 is 6.61 Å². The van der Waals surface area contributed by atoms with Gasteiger partial charge in [0, 0.05) is 37.0 Å². The van der Waals surface area contributed by atoms with Crippen molar-refractivity contribution >= 4 is 16.9 Å². The van der Waals surface area contributed by atoms with Crippen LogP contribution in [0.1, 0.15) is 5.56 Å². The number of ether oxygens (including phenoxy) is 2. The molecular formula is C26H21F3N6O2. The molecule has 5 aromatic rings. The molecule has 0 saturated carbocycles. The zero-order valence-electron chi connectivity index (χ0n) is 19.8. The van der Waals surface area contributed by atoms with E-state index in [4.69, 9.17) is 9.47 Å².